The second-order valence-electron chi connectivity index (χ2n) is 5.49. The molecule has 1 saturated heterocycles. The first kappa shape index (κ1) is 17.6. The third-order valence-corrected chi connectivity index (χ3v) is 3.63. The number of carbonyl (C=O) groups is 3. The molecule has 1 aliphatic heterocycles. The second kappa shape index (κ2) is 8.19. The monoisotopic (exact) mass is 334 g/mol. The maximum absolute atomic E-state index is 12.1. The number of ether oxygens (including phenoxy) is 1. The largest absolute Gasteiger partial charge is 0.497 e. The molecule has 0 spiro atoms. The van der Waals surface area contributed by atoms with Crippen LogP contribution in [0, 0.1) is 0 Å². The number of carbonyl (C=O) groups excluding carboxylic acids is 3. The topological polar surface area (TPSA) is 99.8 Å². The standard InChI is InChI=1S/C16H22N4O4/c1-11(21)17-7-8-18-16(23)19-12-9-15(22)20(10-12)13-3-5-14(24-2)6-4-13/h3-6,12H,7-10H2,1-2H3,(H,17,21)(H2,18,19,23)/t12-/m1/s1. The van der Waals surface area contributed by atoms with Gasteiger partial charge in [-0.3, -0.25) is 9.59 Å². The van der Waals surface area contributed by atoms with E-state index in [9.17, 15) is 14.4 Å². The van der Waals surface area contributed by atoms with Crippen LogP contribution in [0.4, 0.5) is 10.5 Å². The van der Waals surface area contributed by atoms with Crippen molar-refractivity contribution in [3.05, 3.63) is 24.3 Å². The molecule has 0 aliphatic carbocycles. The summed E-state index contributed by atoms with van der Waals surface area (Å²) in [4.78, 5) is 36.3. The first-order valence-electron chi connectivity index (χ1n) is 7.73. The minimum Gasteiger partial charge on any atom is -0.497 e. The van der Waals surface area contributed by atoms with E-state index in [4.69, 9.17) is 4.74 Å². The Hall–Kier alpha value is -2.77. The molecule has 1 fully saturated rings. The summed E-state index contributed by atoms with van der Waals surface area (Å²) in [6.45, 7) is 2.53. The van der Waals surface area contributed by atoms with Crippen LogP contribution in [0.1, 0.15) is 13.3 Å². The Labute approximate surface area is 140 Å². The first-order chi connectivity index (χ1) is 11.5. The van der Waals surface area contributed by atoms with Gasteiger partial charge in [-0.15, -0.1) is 0 Å². The van der Waals surface area contributed by atoms with Crippen LogP contribution in [0.25, 0.3) is 0 Å². The van der Waals surface area contributed by atoms with Gasteiger partial charge in [0.2, 0.25) is 11.8 Å². The van der Waals surface area contributed by atoms with E-state index >= 15 is 0 Å². The number of rotatable bonds is 6. The molecule has 0 bridgehead atoms. The summed E-state index contributed by atoms with van der Waals surface area (Å²) >= 11 is 0. The lowest BCUT2D eigenvalue weighted by atomic mass is 10.2. The van der Waals surface area contributed by atoms with E-state index < -0.39 is 0 Å². The molecule has 1 aromatic carbocycles. The molecule has 3 N–H and O–H groups in total. The van der Waals surface area contributed by atoms with Crippen molar-refractivity contribution >= 4 is 23.5 Å². The number of anilines is 1. The van der Waals surface area contributed by atoms with Crippen LogP contribution in [0.3, 0.4) is 0 Å². The van der Waals surface area contributed by atoms with Gasteiger partial charge in [-0.2, -0.15) is 0 Å². The van der Waals surface area contributed by atoms with E-state index in [1.165, 1.54) is 6.92 Å². The number of nitrogens with zero attached hydrogens (tertiary/aromatic N) is 1. The smallest absolute Gasteiger partial charge is 0.315 e. The van der Waals surface area contributed by atoms with Crippen molar-refractivity contribution in [2.24, 2.45) is 0 Å². The predicted octanol–water partition coefficient (Wildman–Crippen LogP) is 0.236. The van der Waals surface area contributed by atoms with Gasteiger partial charge in [0, 0.05) is 38.7 Å². The number of urea groups is 1. The van der Waals surface area contributed by atoms with Crippen LogP contribution in [-0.2, 0) is 9.59 Å². The second-order valence-corrected chi connectivity index (χ2v) is 5.49. The fourth-order valence-corrected chi connectivity index (χ4v) is 2.47. The van der Waals surface area contributed by atoms with Crippen molar-refractivity contribution in [3.8, 4) is 5.75 Å². The maximum atomic E-state index is 12.1. The van der Waals surface area contributed by atoms with Crippen molar-refractivity contribution in [2.45, 2.75) is 19.4 Å². The Balaban J connectivity index is 1.81. The fourth-order valence-electron chi connectivity index (χ4n) is 2.47. The molecule has 2 rings (SSSR count). The van der Waals surface area contributed by atoms with Crippen LogP contribution in [0.15, 0.2) is 24.3 Å². The zero-order valence-electron chi connectivity index (χ0n) is 13.8. The average Bonchev–Trinajstić information content (AvgIpc) is 2.92. The summed E-state index contributed by atoms with van der Waals surface area (Å²) in [6.07, 6.45) is 0.255. The molecule has 1 aliphatic rings. The molecule has 24 heavy (non-hydrogen) atoms. The zero-order valence-corrected chi connectivity index (χ0v) is 13.8. The molecular formula is C16H22N4O4. The van der Waals surface area contributed by atoms with Crippen LogP contribution < -0.4 is 25.6 Å². The van der Waals surface area contributed by atoms with Crippen LogP contribution in [0.2, 0.25) is 0 Å². The molecule has 4 amide bonds. The quantitative estimate of drug-likeness (QED) is 0.649. The van der Waals surface area contributed by atoms with Crippen molar-refractivity contribution in [3.63, 3.8) is 0 Å². The predicted molar refractivity (Wildman–Crippen MR) is 89.0 cm³/mol. The summed E-state index contributed by atoms with van der Waals surface area (Å²) in [6, 6.07) is 6.60. The van der Waals surface area contributed by atoms with Crippen molar-refractivity contribution in [1.82, 2.24) is 16.0 Å². The molecule has 1 heterocycles. The normalized spacial score (nSPS) is 16.7. The van der Waals surface area contributed by atoms with Gasteiger partial charge in [0.15, 0.2) is 0 Å². The van der Waals surface area contributed by atoms with E-state index in [-0.39, 0.29) is 30.3 Å². The summed E-state index contributed by atoms with van der Waals surface area (Å²) < 4.78 is 5.10. The van der Waals surface area contributed by atoms with Crippen molar-refractivity contribution in [2.75, 3.05) is 31.6 Å². The molecule has 1 aromatic rings. The molecular weight excluding hydrogens is 312 g/mol. The maximum Gasteiger partial charge on any atom is 0.315 e. The van der Waals surface area contributed by atoms with Gasteiger partial charge in [0.25, 0.3) is 0 Å². The average molecular weight is 334 g/mol. The van der Waals surface area contributed by atoms with E-state index in [2.05, 4.69) is 16.0 Å². The molecule has 8 nitrogen and oxygen atoms in total. The third kappa shape index (κ3) is 4.87. The number of amides is 4. The molecule has 130 valence electrons. The van der Waals surface area contributed by atoms with E-state index in [1.807, 2.05) is 12.1 Å². The lowest BCUT2D eigenvalue weighted by Gasteiger charge is -2.17. The SMILES string of the molecule is COc1ccc(N2C[C@H](NC(=O)NCCNC(C)=O)CC2=O)cc1. The lowest BCUT2D eigenvalue weighted by molar-refractivity contribution is -0.119. The van der Waals surface area contributed by atoms with Gasteiger partial charge < -0.3 is 25.6 Å². The summed E-state index contributed by atoms with van der Waals surface area (Å²) in [7, 11) is 1.58. The van der Waals surface area contributed by atoms with Crippen molar-refractivity contribution < 1.29 is 19.1 Å². The number of hydrogen-bond donors (Lipinski definition) is 3. The molecule has 1 atom stereocenters. The Kier molecular flexibility index (Phi) is 6.00. The summed E-state index contributed by atoms with van der Waals surface area (Å²) in [5.41, 5.74) is 0.774. The summed E-state index contributed by atoms with van der Waals surface area (Å²) in [5.74, 6) is 0.538. The third-order valence-electron chi connectivity index (χ3n) is 3.63. The minimum atomic E-state index is -0.352. The fraction of sp³-hybridized carbons (Fsp3) is 0.438. The molecule has 8 heteroatoms. The van der Waals surface area contributed by atoms with E-state index in [1.54, 1.807) is 24.1 Å². The van der Waals surface area contributed by atoms with Crippen LogP contribution >= 0.6 is 0 Å². The zero-order chi connectivity index (χ0) is 17.5. The van der Waals surface area contributed by atoms with Crippen LogP contribution in [0.5, 0.6) is 5.75 Å². The molecule has 0 aromatic heterocycles. The highest BCUT2D eigenvalue weighted by atomic mass is 16.5. The molecule has 0 saturated carbocycles. The van der Waals surface area contributed by atoms with Gasteiger partial charge in [0.1, 0.15) is 5.75 Å². The Morgan fingerprint density at radius 1 is 1.21 bits per heavy atom. The van der Waals surface area contributed by atoms with Gasteiger partial charge in [-0.25, -0.2) is 4.79 Å². The Morgan fingerprint density at radius 2 is 1.88 bits per heavy atom. The van der Waals surface area contributed by atoms with E-state index in [0.29, 0.717) is 19.6 Å². The first-order valence-corrected chi connectivity index (χ1v) is 7.73. The Bertz CT molecular complexity index is 603. The Morgan fingerprint density at radius 3 is 2.50 bits per heavy atom. The molecule has 0 unspecified atom stereocenters. The number of nitrogens with one attached hydrogen (secondary N) is 3. The minimum absolute atomic E-state index is 0.0382. The van der Waals surface area contributed by atoms with Gasteiger partial charge in [-0.1, -0.05) is 0 Å². The number of hydrogen-bond acceptors (Lipinski definition) is 4. The number of methoxy groups -OCH3 is 1. The highest BCUT2D eigenvalue weighted by Gasteiger charge is 2.31. The lowest BCUT2D eigenvalue weighted by Crippen LogP contribution is -2.45. The summed E-state index contributed by atoms with van der Waals surface area (Å²) in [5, 5.41) is 7.99. The van der Waals surface area contributed by atoms with Gasteiger partial charge in [-0.05, 0) is 24.3 Å². The van der Waals surface area contributed by atoms with Gasteiger partial charge in [0.05, 0.1) is 13.2 Å². The molecule has 0 radical (unpaired) electrons. The van der Waals surface area contributed by atoms with E-state index in [0.717, 1.165) is 11.4 Å². The highest BCUT2D eigenvalue weighted by Crippen LogP contribution is 2.24. The number of benzene rings is 1. The van der Waals surface area contributed by atoms with Gasteiger partial charge >= 0.3 is 6.03 Å². The van der Waals surface area contributed by atoms with Crippen LogP contribution in [-0.4, -0.2) is 50.6 Å². The van der Waals surface area contributed by atoms with Crippen molar-refractivity contribution in [1.29, 1.82) is 0 Å². The highest BCUT2D eigenvalue weighted by molar-refractivity contribution is 5.96.